The fraction of sp³-hybridized carbons (Fsp3) is 0.130. The van der Waals surface area contributed by atoms with Crippen molar-refractivity contribution in [3.05, 3.63) is 92.8 Å². The molecule has 1 amide bonds. The highest BCUT2D eigenvalue weighted by molar-refractivity contribution is 6.10. The lowest BCUT2D eigenvalue weighted by molar-refractivity contribution is 0.0600. The molecule has 8 nitrogen and oxygen atoms in total. The highest BCUT2D eigenvalue weighted by atomic mass is 19.1. The van der Waals surface area contributed by atoms with E-state index in [1.54, 1.807) is 25.1 Å². The van der Waals surface area contributed by atoms with E-state index in [2.05, 4.69) is 5.16 Å². The van der Waals surface area contributed by atoms with Gasteiger partial charge in [0.05, 0.1) is 29.7 Å². The maximum atomic E-state index is 13.8. The second kappa shape index (κ2) is 7.16. The topological polar surface area (TPSA) is 103 Å². The lowest BCUT2D eigenvalue weighted by atomic mass is 9.97. The molecule has 3 heterocycles. The summed E-state index contributed by atoms with van der Waals surface area (Å²) < 4.78 is 29.4. The number of nitrogens with zero attached hydrogens (tertiary/aromatic N) is 2. The maximum absolute atomic E-state index is 13.8. The van der Waals surface area contributed by atoms with Crippen LogP contribution in [0.3, 0.4) is 0 Å². The Balaban J connectivity index is 1.76. The molecule has 1 atom stereocenters. The van der Waals surface area contributed by atoms with E-state index in [1.165, 1.54) is 30.2 Å². The number of rotatable bonds is 3. The molecule has 0 radical (unpaired) electrons. The van der Waals surface area contributed by atoms with Gasteiger partial charge in [-0.3, -0.25) is 14.5 Å². The van der Waals surface area contributed by atoms with Gasteiger partial charge in [-0.1, -0.05) is 17.3 Å². The van der Waals surface area contributed by atoms with Gasteiger partial charge in [0, 0.05) is 6.07 Å². The molecule has 0 fully saturated rings. The Labute approximate surface area is 179 Å². The first-order valence-electron chi connectivity index (χ1n) is 9.60. The molecule has 1 unspecified atom stereocenters. The van der Waals surface area contributed by atoms with Gasteiger partial charge in [0.25, 0.3) is 5.91 Å². The average molecular weight is 434 g/mol. The van der Waals surface area contributed by atoms with Gasteiger partial charge >= 0.3 is 5.97 Å². The molecule has 1 aliphatic rings. The minimum absolute atomic E-state index is 0.0194. The van der Waals surface area contributed by atoms with Crippen LogP contribution in [0.2, 0.25) is 0 Å². The second-order valence-corrected chi connectivity index (χ2v) is 7.30. The van der Waals surface area contributed by atoms with Crippen molar-refractivity contribution in [2.24, 2.45) is 0 Å². The van der Waals surface area contributed by atoms with E-state index in [9.17, 15) is 18.8 Å². The molecule has 2 aromatic heterocycles. The van der Waals surface area contributed by atoms with Crippen LogP contribution in [0.4, 0.5) is 10.2 Å². The van der Waals surface area contributed by atoms with Crippen LogP contribution in [0.15, 0.2) is 62.3 Å². The molecule has 2 aromatic carbocycles. The molecule has 0 saturated heterocycles. The molecule has 0 spiro atoms. The number of hydrogen-bond donors (Lipinski definition) is 0. The van der Waals surface area contributed by atoms with Crippen LogP contribution >= 0.6 is 0 Å². The van der Waals surface area contributed by atoms with E-state index in [4.69, 9.17) is 13.7 Å². The molecule has 9 heteroatoms. The summed E-state index contributed by atoms with van der Waals surface area (Å²) in [4.78, 5) is 39.8. The molecule has 4 aromatic rings. The molecule has 0 aliphatic carbocycles. The summed E-state index contributed by atoms with van der Waals surface area (Å²) in [7, 11) is 1.27. The Kier molecular flexibility index (Phi) is 4.40. The molecule has 0 N–H and O–H groups in total. The van der Waals surface area contributed by atoms with E-state index in [0.29, 0.717) is 16.9 Å². The first-order chi connectivity index (χ1) is 15.4. The maximum Gasteiger partial charge on any atom is 0.337 e. The Morgan fingerprint density at radius 1 is 1.12 bits per heavy atom. The van der Waals surface area contributed by atoms with Crippen LogP contribution in [0.1, 0.15) is 43.8 Å². The van der Waals surface area contributed by atoms with Crippen molar-refractivity contribution in [3.8, 4) is 0 Å². The van der Waals surface area contributed by atoms with Crippen molar-refractivity contribution in [2.45, 2.75) is 13.0 Å². The number of carbonyl (C=O) groups is 2. The van der Waals surface area contributed by atoms with E-state index in [1.807, 2.05) is 0 Å². The Hall–Kier alpha value is -4.27. The van der Waals surface area contributed by atoms with Crippen molar-refractivity contribution >= 4 is 28.7 Å². The number of ether oxygens (including phenoxy) is 1. The summed E-state index contributed by atoms with van der Waals surface area (Å²) in [6.45, 7) is 1.67. The predicted molar refractivity (Wildman–Crippen MR) is 110 cm³/mol. The summed E-state index contributed by atoms with van der Waals surface area (Å²) >= 11 is 0. The largest absolute Gasteiger partial charge is 0.465 e. The molecule has 160 valence electrons. The SMILES string of the molecule is COC(=O)c1ccc(C2c3c(oc4ccc(F)cc4c3=O)C(=O)N2c2cc(C)on2)cc1. The van der Waals surface area contributed by atoms with Gasteiger partial charge in [0.2, 0.25) is 5.76 Å². The number of fused-ring (bicyclic) bond motifs is 2. The van der Waals surface area contributed by atoms with Crippen molar-refractivity contribution in [1.82, 2.24) is 5.16 Å². The minimum atomic E-state index is -0.919. The number of carbonyl (C=O) groups excluding carboxylic acids is 2. The van der Waals surface area contributed by atoms with Gasteiger partial charge in [-0.25, -0.2) is 9.18 Å². The van der Waals surface area contributed by atoms with Crippen LogP contribution in [-0.2, 0) is 4.74 Å². The molecule has 32 heavy (non-hydrogen) atoms. The summed E-state index contributed by atoms with van der Waals surface area (Å²) in [6, 6.07) is 10.4. The number of benzene rings is 2. The van der Waals surface area contributed by atoms with Crippen molar-refractivity contribution < 1.29 is 27.7 Å². The van der Waals surface area contributed by atoms with Gasteiger partial charge in [-0.15, -0.1) is 0 Å². The van der Waals surface area contributed by atoms with Gasteiger partial charge in [0.15, 0.2) is 11.2 Å². The molecular weight excluding hydrogens is 419 g/mol. The quantitative estimate of drug-likeness (QED) is 0.452. The number of aromatic nitrogens is 1. The first kappa shape index (κ1) is 19.7. The second-order valence-electron chi connectivity index (χ2n) is 7.30. The standard InChI is InChI=1S/C23H15FN2O6/c1-11-9-17(25-32-11)26-19(12-3-5-13(6-4-12)23(29)30-2)18-20(27)15-10-14(24)7-8-16(15)31-21(18)22(26)28/h3-10,19H,1-2H3. The molecule has 0 saturated carbocycles. The van der Waals surface area contributed by atoms with E-state index in [-0.39, 0.29) is 28.1 Å². The number of amides is 1. The van der Waals surface area contributed by atoms with E-state index in [0.717, 1.165) is 12.1 Å². The van der Waals surface area contributed by atoms with Crippen LogP contribution in [0, 0.1) is 12.7 Å². The number of hydrogen-bond acceptors (Lipinski definition) is 7. The predicted octanol–water partition coefficient (Wildman–Crippen LogP) is 3.76. The fourth-order valence-corrected chi connectivity index (χ4v) is 3.88. The highest BCUT2D eigenvalue weighted by Crippen LogP contribution is 2.41. The minimum Gasteiger partial charge on any atom is -0.465 e. The third-order valence-corrected chi connectivity index (χ3v) is 5.34. The number of methoxy groups -OCH3 is 1. The summed E-state index contributed by atoms with van der Waals surface area (Å²) in [5.74, 6) is -1.21. The zero-order valence-electron chi connectivity index (χ0n) is 16.9. The zero-order valence-corrected chi connectivity index (χ0v) is 16.9. The van der Waals surface area contributed by atoms with Crippen LogP contribution in [0.5, 0.6) is 0 Å². The smallest absolute Gasteiger partial charge is 0.337 e. The Morgan fingerprint density at radius 2 is 1.88 bits per heavy atom. The number of halogens is 1. The summed E-state index contributed by atoms with van der Waals surface area (Å²) in [6.07, 6.45) is 0. The van der Waals surface area contributed by atoms with E-state index >= 15 is 0 Å². The van der Waals surface area contributed by atoms with Gasteiger partial charge in [-0.2, -0.15) is 0 Å². The normalized spacial score (nSPS) is 15.3. The third-order valence-electron chi connectivity index (χ3n) is 5.34. The summed E-state index contributed by atoms with van der Waals surface area (Å²) in [5.41, 5.74) is 0.450. The molecule has 1 aliphatic heterocycles. The van der Waals surface area contributed by atoms with Gasteiger partial charge in [0.1, 0.15) is 17.2 Å². The van der Waals surface area contributed by atoms with Gasteiger partial charge < -0.3 is 13.7 Å². The van der Waals surface area contributed by atoms with Gasteiger partial charge in [-0.05, 0) is 42.8 Å². The molecular formula is C23H15FN2O6. The van der Waals surface area contributed by atoms with E-state index < -0.39 is 29.2 Å². The first-order valence-corrected chi connectivity index (χ1v) is 9.60. The monoisotopic (exact) mass is 434 g/mol. The fourth-order valence-electron chi connectivity index (χ4n) is 3.88. The lowest BCUT2D eigenvalue weighted by Gasteiger charge is -2.22. The number of aryl methyl sites for hydroxylation is 1. The third kappa shape index (κ3) is 2.89. The average Bonchev–Trinajstić information content (AvgIpc) is 3.35. The van der Waals surface area contributed by atoms with Crippen molar-refractivity contribution in [1.29, 1.82) is 0 Å². The van der Waals surface area contributed by atoms with Crippen molar-refractivity contribution in [3.63, 3.8) is 0 Å². The Morgan fingerprint density at radius 3 is 2.53 bits per heavy atom. The van der Waals surface area contributed by atoms with Crippen LogP contribution in [0.25, 0.3) is 11.0 Å². The van der Waals surface area contributed by atoms with Crippen molar-refractivity contribution in [2.75, 3.05) is 12.0 Å². The number of anilines is 1. The molecule has 0 bridgehead atoms. The lowest BCUT2D eigenvalue weighted by Crippen LogP contribution is -2.29. The Bertz CT molecular complexity index is 1450. The zero-order chi connectivity index (χ0) is 22.6. The highest BCUT2D eigenvalue weighted by Gasteiger charge is 2.45. The van der Waals surface area contributed by atoms with Crippen LogP contribution in [-0.4, -0.2) is 24.1 Å². The number of esters is 1. The summed E-state index contributed by atoms with van der Waals surface area (Å²) in [5, 5.41) is 3.95. The molecule has 5 rings (SSSR count). The van der Waals surface area contributed by atoms with Crippen LogP contribution < -0.4 is 10.3 Å².